The summed E-state index contributed by atoms with van der Waals surface area (Å²) in [6.45, 7) is 1.95. The van der Waals surface area contributed by atoms with E-state index in [1.807, 2.05) is 29.2 Å². The molecule has 2 aromatic carbocycles. The van der Waals surface area contributed by atoms with Gasteiger partial charge in [-0.05, 0) is 30.2 Å². The van der Waals surface area contributed by atoms with E-state index in [1.54, 1.807) is 17.0 Å². The highest BCUT2D eigenvalue weighted by atomic mass is 19.1. The molecular weight excluding hydrogens is 399 g/mol. The predicted molar refractivity (Wildman–Crippen MR) is 112 cm³/mol. The van der Waals surface area contributed by atoms with E-state index in [9.17, 15) is 14.0 Å². The summed E-state index contributed by atoms with van der Waals surface area (Å²) in [5, 5.41) is 7.92. The lowest BCUT2D eigenvalue weighted by Crippen LogP contribution is -2.56. The Balaban J connectivity index is 1.45. The Morgan fingerprint density at radius 3 is 2.77 bits per heavy atom. The molecule has 1 unspecified atom stereocenters. The SMILES string of the molecule is O=C(c1n[nH]c2ccccc12)N1CCC(=O)N(Cc2ccc(F)cc2)C2(CCOC2)C1. The smallest absolute Gasteiger partial charge is 0.275 e. The van der Waals surface area contributed by atoms with E-state index >= 15 is 0 Å². The summed E-state index contributed by atoms with van der Waals surface area (Å²) >= 11 is 0. The van der Waals surface area contributed by atoms with Crippen LogP contribution in [-0.2, 0) is 16.1 Å². The lowest BCUT2D eigenvalue weighted by molar-refractivity contribution is -0.137. The number of aromatic amines is 1. The van der Waals surface area contributed by atoms with Crippen molar-refractivity contribution in [2.45, 2.75) is 24.9 Å². The molecule has 0 bridgehead atoms. The first-order chi connectivity index (χ1) is 15.1. The van der Waals surface area contributed by atoms with Crippen molar-refractivity contribution >= 4 is 22.7 Å². The summed E-state index contributed by atoms with van der Waals surface area (Å²) in [4.78, 5) is 30.1. The minimum absolute atomic E-state index is 0.0305. The summed E-state index contributed by atoms with van der Waals surface area (Å²) in [5.74, 6) is -0.537. The molecule has 31 heavy (non-hydrogen) atoms. The lowest BCUT2D eigenvalue weighted by atomic mass is 9.94. The molecule has 0 saturated carbocycles. The van der Waals surface area contributed by atoms with Crippen LogP contribution in [0, 0.1) is 5.82 Å². The number of fused-ring (bicyclic) bond motifs is 1. The van der Waals surface area contributed by atoms with Crippen LogP contribution in [0.2, 0.25) is 0 Å². The molecule has 0 radical (unpaired) electrons. The number of nitrogens with zero attached hydrogens (tertiary/aromatic N) is 3. The first-order valence-corrected chi connectivity index (χ1v) is 10.4. The summed E-state index contributed by atoms with van der Waals surface area (Å²) in [7, 11) is 0. The predicted octanol–water partition coefficient (Wildman–Crippen LogP) is 2.74. The van der Waals surface area contributed by atoms with Crippen LogP contribution in [-0.4, -0.2) is 63.7 Å². The average molecular weight is 422 g/mol. The number of nitrogens with one attached hydrogen (secondary N) is 1. The largest absolute Gasteiger partial charge is 0.379 e. The first kappa shape index (κ1) is 19.7. The highest BCUT2D eigenvalue weighted by molar-refractivity contribution is 6.04. The van der Waals surface area contributed by atoms with Crippen LogP contribution in [0.1, 0.15) is 28.9 Å². The Morgan fingerprint density at radius 2 is 2.00 bits per heavy atom. The molecule has 1 spiro atoms. The second-order valence-electron chi connectivity index (χ2n) is 8.23. The van der Waals surface area contributed by atoms with E-state index in [0.717, 1.165) is 16.5 Å². The fourth-order valence-corrected chi connectivity index (χ4v) is 4.56. The minimum Gasteiger partial charge on any atom is -0.379 e. The molecule has 2 saturated heterocycles. The second-order valence-corrected chi connectivity index (χ2v) is 8.23. The lowest BCUT2D eigenvalue weighted by Gasteiger charge is -2.40. The van der Waals surface area contributed by atoms with Gasteiger partial charge in [-0.2, -0.15) is 5.10 Å². The molecule has 3 heterocycles. The van der Waals surface area contributed by atoms with E-state index < -0.39 is 5.54 Å². The van der Waals surface area contributed by atoms with Crippen molar-refractivity contribution < 1.29 is 18.7 Å². The van der Waals surface area contributed by atoms with E-state index in [-0.39, 0.29) is 24.1 Å². The molecule has 1 atom stereocenters. The molecule has 2 amide bonds. The molecule has 2 fully saturated rings. The van der Waals surface area contributed by atoms with Gasteiger partial charge in [-0.15, -0.1) is 0 Å². The van der Waals surface area contributed by atoms with E-state index in [0.29, 0.717) is 45.0 Å². The van der Waals surface area contributed by atoms with Gasteiger partial charge in [0.2, 0.25) is 5.91 Å². The van der Waals surface area contributed by atoms with Crippen molar-refractivity contribution in [2.24, 2.45) is 0 Å². The third kappa shape index (κ3) is 3.57. The molecule has 160 valence electrons. The molecule has 2 aliphatic heterocycles. The topological polar surface area (TPSA) is 78.5 Å². The molecule has 8 heteroatoms. The zero-order valence-corrected chi connectivity index (χ0v) is 17.0. The molecular formula is C23H23FN4O3. The van der Waals surface area contributed by atoms with Crippen molar-refractivity contribution in [3.05, 3.63) is 65.6 Å². The normalized spacial score (nSPS) is 21.8. The number of hydrogen-bond acceptors (Lipinski definition) is 4. The summed E-state index contributed by atoms with van der Waals surface area (Å²) < 4.78 is 19.0. The zero-order chi connectivity index (χ0) is 21.4. The second kappa shape index (κ2) is 7.77. The van der Waals surface area contributed by atoms with Gasteiger partial charge in [0, 0.05) is 38.0 Å². The molecule has 5 rings (SSSR count). The van der Waals surface area contributed by atoms with Gasteiger partial charge in [0.25, 0.3) is 5.91 Å². The van der Waals surface area contributed by atoms with Gasteiger partial charge in [-0.25, -0.2) is 4.39 Å². The Bertz CT molecular complexity index is 1120. The molecule has 1 aromatic heterocycles. The van der Waals surface area contributed by atoms with Gasteiger partial charge < -0.3 is 14.5 Å². The fraction of sp³-hybridized carbons (Fsp3) is 0.348. The van der Waals surface area contributed by atoms with Crippen molar-refractivity contribution in [3.63, 3.8) is 0 Å². The number of benzene rings is 2. The number of hydrogen-bond donors (Lipinski definition) is 1. The van der Waals surface area contributed by atoms with Crippen LogP contribution < -0.4 is 0 Å². The zero-order valence-electron chi connectivity index (χ0n) is 17.0. The number of amides is 2. The van der Waals surface area contributed by atoms with Crippen LogP contribution in [0.3, 0.4) is 0 Å². The maximum absolute atomic E-state index is 13.4. The van der Waals surface area contributed by atoms with Crippen molar-refractivity contribution in [2.75, 3.05) is 26.3 Å². The maximum atomic E-state index is 13.4. The number of para-hydroxylation sites is 1. The number of rotatable bonds is 3. The van der Waals surface area contributed by atoms with Crippen LogP contribution in [0.25, 0.3) is 10.9 Å². The Labute approximate surface area is 178 Å². The van der Waals surface area contributed by atoms with Crippen molar-refractivity contribution in [1.29, 1.82) is 0 Å². The van der Waals surface area contributed by atoms with Crippen LogP contribution >= 0.6 is 0 Å². The molecule has 3 aromatic rings. The maximum Gasteiger partial charge on any atom is 0.275 e. The van der Waals surface area contributed by atoms with Crippen LogP contribution in [0.15, 0.2) is 48.5 Å². The Morgan fingerprint density at radius 1 is 1.19 bits per heavy atom. The number of H-pyrrole nitrogens is 1. The van der Waals surface area contributed by atoms with E-state index in [1.165, 1.54) is 12.1 Å². The Kier molecular flexibility index (Phi) is 4.94. The van der Waals surface area contributed by atoms with Gasteiger partial charge in [-0.3, -0.25) is 14.7 Å². The third-order valence-corrected chi connectivity index (χ3v) is 6.25. The average Bonchev–Trinajstić information content (AvgIpc) is 3.40. The fourth-order valence-electron chi connectivity index (χ4n) is 4.56. The number of aromatic nitrogens is 2. The summed E-state index contributed by atoms with van der Waals surface area (Å²) in [5.41, 5.74) is 1.40. The van der Waals surface area contributed by atoms with Gasteiger partial charge in [0.05, 0.1) is 17.7 Å². The van der Waals surface area contributed by atoms with Crippen LogP contribution in [0.4, 0.5) is 4.39 Å². The first-order valence-electron chi connectivity index (χ1n) is 10.4. The highest BCUT2D eigenvalue weighted by Crippen LogP contribution is 2.33. The van der Waals surface area contributed by atoms with Crippen molar-refractivity contribution in [1.82, 2.24) is 20.0 Å². The number of ether oxygens (including phenoxy) is 1. The molecule has 0 aliphatic carbocycles. The highest BCUT2D eigenvalue weighted by Gasteiger charge is 2.47. The number of carbonyl (C=O) groups excluding carboxylic acids is 2. The van der Waals surface area contributed by atoms with Crippen molar-refractivity contribution in [3.8, 4) is 0 Å². The Hall–Kier alpha value is -3.26. The van der Waals surface area contributed by atoms with E-state index in [2.05, 4.69) is 10.2 Å². The van der Waals surface area contributed by atoms with Gasteiger partial charge in [-0.1, -0.05) is 30.3 Å². The standard InChI is InChI=1S/C23H23FN4O3/c24-17-7-5-16(6-8-17)13-28-20(29)9-11-27(14-23(28)10-12-31-15-23)22(30)21-18-3-1-2-4-19(18)25-26-21/h1-8H,9-15H2,(H,25,26). The summed E-state index contributed by atoms with van der Waals surface area (Å²) in [6, 6.07) is 13.7. The van der Waals surface area contributed by atoms with Gasteiger partial charge in [0.1, 0.15) is 5.82 Å². The number of carbonyl (C=O) groups is 2. The van der Waals surface area contributed by atoms with Gasteiger partial charge in [0.15, 0.2) is 5.69 Å². The molecule has 2 aliphatic rings. The van der Waals surface area contributed by atoms with E-state index in [4.69, 9.17) is 4.74 Å². The minimum atomic E-state index is -0.607. The quantitative estimate of drug-likeness (QED) is 0.704. The van der Waals surface area contributed by atoms with Crippen LogP contribution in [0.5, 0.6) is 0 Å². The molecule has 7 nitrogen and oxygen atoms in total. The monoisotopic (exact) mass is 422 g/mol. The molecule has 1 N–H and O–H groups in total. The number of halogens is 1. The third-order valence-electron chi connectivity index (χ3n) is 6.25. The summed E-state index contributed by atoms with van der Waals surface area (Å²) in [6.07, 6.45) is 0.863. The van der Waals surface area contributed by atoms with Gasteiger partial charge >= 0.3 is 0 Å².